The monoisotopic (exact) mass is 813 g/mol. The van der Waals surface area contributed by atoms with Crippen LogP contribution < -0.4 is 4.90 Å². The van der Waals surface area contributed by atoms with Gasteiger partial charge in [-0.2, -0.15) is 0 Å². The van der Waals surface area contributed by atoms with E-state index in [1.165, 1.54) is 130 Å². The number of hydrogen-bond acceptors (Lipinski definition) is 2. The van der Waals surface area contributed by atoms with Gasteiger partial charge in [-0.3, -0.25) is 0 Å². The molecule has 2 heteroatoms. The van der Waals surface area contributed by atoms with Crippen LogP contribution >= 0.6 is 11.3 Å². The highest BCUT2D eigenvalue weighted by atomic mass is 32.1. The fourth-order valence-electron chi connectivity index (χ4n) is 11.3. The molecule has 0 radical (unpaired) electrons. The standard InChI is InChI=1S/C60H47NS/c1-60(42-24-6-3-7-25-42)50-33-12-8-28-48(50)59-51(60)34-19-37-54(59)61(53-36-14-10-27-45(53)47-32-18-39-56-58(47)49-29-11-15-38-55(49)62-56)52-35-13-9-26-44(52)46-31-17-23-41-22-16-30-43(57(41)46)40-20-4-2-5-21-40/h3,6-19,22-40H,2,4-5,20-21H2,1H3. The zero-order valence-corrected chi connectivity index (χ0v) is 35.8. The van der Waals surface area contributed by atoms with E-state index < -0.39 is 0 Å². The summed E-state index contributed by atoms with van der Waals surface area (Å²) in [5.41, 5.74) is 16.3. The number of benzene rings is 9. The molecular weight excluding hydrogens is 767 g/mol. The van der Waals surface area contributed by atoms with Gasteiger partial charge in [-0.1, -0.05) is 189 Å². The Morgan fingerprint density at radius 3 is 1.76 bits per heavy atom. The van der Waals surface area contributed by atoms with Crippen LogP contribution in [0.1, 0.15) is 67.2 Å². The average Bonchev–Trinajstić information content (AvgIpc) is 3.86. The first-order valence-electron chi connectivity index (χ1n) is 22.4. The van der Waals surface area contributed by atoms with Crippen molar-refractivity contribution in [2.45, 2.75) is 50.4 Å². The van der Waals surface area contributed by atoms with Crippen molar-refractivity contribution in [3.8, 4) is 33.4 Å². The number of rotatable bonds is 7. The van der Waals surface area contributed by atoms with Crippen LogP contribution in [0.25, 0.3) is 64.3 Å². The maximum Gasteiger partial charge on any atom is 0.0543 e. The van der Waals surface area contributed by atoms with Gasteiger partial charge in [-0.15, -0.1) is 11.3 Å². The summed E-state index contributed by atoms with van der Waals surface area (Å²) in [6.45, 7) is 2.42. The smallest absolute Gasteiger partial charge is 0.0543 e. The lowest BCUT2D eigenvalue weighted by atomic mass is 9.74. The van der Waals surface area contributed by atoms with Gasteiger partial charge in [0, 0.05) is 42.3 Å². The normalized spacial score (nSPS) is 16.1. The van der Waals surface area contributed by atoms with E-state index in [0.717, 1.165) is 5.69 Å². The van der Waals surface area contributed by atoms with Crippen molar-refractivity contribution in [1.29, 1.82) is 0 Å². The van der Waals surface area contributed by atoms with Gasteiger partial charge < -0.3 is 4.90 Å². The molecule has 1 fully saturated rings. The van der Waals surface area contributed by atoms with Gasteiger partial charge in [0.15, 0.2) is 0 Å². The summed E-state index contributed by atoms with van der Waals surface area (Å²) in [5.74, 6) is 0.572. The highest BCUT2D eigenvalue weighted by molar-refractivity contribution is 7.25. The Bertz CT molecular complexity index is 3310. The Balaban J connectivity index is 1.17. The van der Waals surface area contributed by atoms with Crippen LogP contribution in [-0.2, 0) is 5.41 Å². The van der Waals surface area contributed by atoms with Crippen molar-refractivity contribution in [3.63, 3.8) is 0 Å². The van der Waals surface area contributed by atoms with Crippen LogP contribution in [0.3, 0.4) is 0 Å². The Labute approximate surface area is 368 Å². The van der Waals surface area contributed by atoms with Crippen LogP contribution in [0, 0.1) is 0 Å². The number of para-hydroxylation sites is 2. The van der Waals surface area contributed by atoms with Crippen LogP contribution in [0.2, 0.25) is 0 Å². The molecule has 1 aromatic heterocycles. The second-order valence-corrected chi connectivity index (χ2v) is 18.6. The summed E-state index contributed by atoms with van der Waals surface area (Å²) in [6.07, 6.45) is 6.46. The van der Waals surface area contributed by atoms with Gasteiger partial charge in [0.05, 0.1) is 17.1 Å². The Morgan fingerprint density at radius 1 is 0.435 bits per heavy atom. The van der Waals surface area contributed by atoms with Gasteiger partial charge in [-0.25, -0.2) is 0 Å². The molecule has 0 amide bonds. The molecule has 12 rings (SSSR count). The molecule has 2 aliphatic rings. The van der Waals surface area contributed by atoms with Crippen molar-refractivity contribution in [1.82, 2.24) is 0 Å². The lowest BCUT2D eigenvalue weighted by molar-refractivity contribution is 0.445. The molecule has 1 atom stereocenters. The first kappa shape index (κ1) is 37.1. The van der Waals surface area contributed by atoms with Crippen LogP contribution in [-0.4, -0.2) is 0 Å². The number of fused-ring (bicyclic) bond motifs is 7. The van der Waals surface area contributed by atoms with E-state index in [0.29, 0.717) is 5.92 Å². The highest BCUT2D eigenvalue weighted by Gasteiger charge is 2.42. The van der Waals surface area contributed by atoms with Crippen molar-refractivity contribution < 1.29 is 0 Å². The lowest BCUT2D eigenvalue weighted by Gasteiger charge is -2.33. The SMILES string of the molecule is CC1(c2ccccc2)c2ccccc2-c2c(N(c3ccccc3-c3cccc4cccc(C5CCCCC5)c34)c3ccccc3-c3cccc4sc5ccccc5c34)cccc21. The number of nitrogens with zero attached hydrogens (tertiary/aromatic N) is 1. The average molecular weight is 814 g/mol. The first-order chi connectivity index (χ1) is 30.7. The first-order valence-corrected chi connectivity index (χ1v) is 23.2. The molecule has 1 unspecified atom stereocenters. The van der Waals surface area contributed by atoms with Gasteiger partial charge in [-0.05, 0) is 106 Å². The van der Waals surface area contributed by atoms with Gasteiger partial charge in [0.25, 0.3) is 0 Å². The van der Waals surface area contributed by atoms with Crippen molar-refractivity contribution in [2.24, 2.45) is 0 Å². The molecule has 1 saturated carbocycles. The number of anilines is 3. The van der Waals surface area contributed by atoms with E-state index in [1.807, 2.05) is 11.3 Å². The molecule has 0 saturated heterocycles. The van der Waals surface area contributed by atoms with Crippen molar-refractivity contribution in [3.05, 3.63) is 222 Å². The minimum Gasteiger partial charge on any atom is -0.309 e. The summed E-state index contributed by atoms with van der Waals surface area (Å²) in [6, 6.07) is 75.4. The summed E-state index contributed by atoms with van der Waals surface area (Å²) in [4.78, 5) is 2.62. The third kappa shape index (κ3) is 5.73. The number of thiophene rings is 1. The van der Waals surface area contributed by atoms with Crippen LogP contribution in [0.5, 0.6) is 0 Å². The second kappa shape index (κ2) is 15.0. The largest absolute Gasteiger partial charge is 0.309 e. The molecule has 298 valence electrons. The molecule has 2 aliphatic carbocycles. The van der Waals surface area contributed by atoms with Crippen LogP contribution in [0.15, 0.2) is 200 Å². The molecule has 0 bridgehead atoms. The Hall–Kier alpha value is -6.74. The predicted molar refractivity (Wildman–Crippen MR) is 266 cm³/mol. The lowest BCUT2D eigenvalue weighted by Crippen LogP contribution is -2.22. The van der Waals surface area contributed by atoms with E-state index in [2.05, 4.69) is 212 Å². The van der Waals surface area contributed by atoms with Gasteiger partial charge in [0.1, 0.15) is 0 Å². The molecule has 1 heterocycles. The molecule has 1 nitrogen and oxygen atoms in total. The van der Waals surface area contributed by atoms with E-state index in [1.54, 1.807) is 0 Å². The maximum atomic E-state index is 2.62. The summed E-state index contributed by atoms with van der Waals surface area (Å²) in [5, 5.41) is 5.35. The third-order valence-electron chi connectivity index (χ3n) is 14.2. The van der Waals surface area contributed by atoms with Crippen molar-refractivity contribution in [2.75, 3.05) is 4.90 Å². The molecule has 0 aliphatic heterocycles. The Kier molecular flexibility index (Phi) is 8.97. The van der Waals surface area contributed by atoms with E-state index in [-0.39, 0.29) is 5.41 Å². The minimum absolute atomic E-state index is 0.334. The molecule has 9 aromatic carbocycles. The molecule has 0 N–H and O–H groups in total. The highest BCUT2D eigenvalue weighted by Crippen LogP contribution is 2.58. The Morgan fingerprint density at radius 2 is 0.984 bits per heavy atom. The minimum atomic E-state index is -0.334. The molecule has 0 spiro atoms. The summed E-state index contributed by atoms with van der Waals surface area (Å²) in [7, 11) is 0. The van der Waals surface area contributed by atoms with Crippen molar-refractivity contribution >= 4 is 59.3 Å². The molecular formula is C60H47NS. The van der Waals surface area contributed by atoms with E-state index >= 15 is 0 Å². The van der Waals surface area contributed by atoms with Crippen LogP contribution in [0.4, 0.5) is 17.1 Å². The zero-order valence-electron chi connectivity index (χ0n) is 35.0. The second-order valence-electron chi connectivity index (χ2n) is 17.5. The molecule has 10 aromatic rings. The predicted octanol–water partition coefficient (Wildman–Crippen LogP) is 17.4. The van der Waals surface area contributed by atoms with Gasteiger partial charge >= 0.3 is 0 Å². The maximum absolute atomic E-state index is 2.62. The van der Waals surface area contributed by atoms with Gasteiger partial charge in [0.2, 0.25) is 0 Å². The number of hydrogen-bond donors (Lipinski definition) is 0. The van der Waals surface area contributed by atoms with E-state index in [9.17, 15) is 0 Å². The third-order valence-corrected chi connectivity index (χ3v) is 15.3. The van der Waals surface area contributed by atoms with E-state index in [4.69, 9.17) is 0 Å². The fraction of sp³-hybridized carbons (Fsp3) is 0.133. The quantitative estimate of drug-likeness (QED) is 0.155. The summed E-state index contributed by atoms with van der Waals surface area (Å²) >= 11 is 1.88. The fourth-order valence-corrected chi connectivity index (χ4v) is 12.5. The molecule has 62 heavy (non-hydrogen) atoms. The zero-order chi connectivity index (χ0) is 41.2. The summed E-state index contributed by atoms with van der Waals surface area (Å²) < 4.78 is 2.63. The topological polar surface area (TPSA) is 3.24 Å².